The van der Waals surface area contributed by atoms with E-state index in [-0.39, 0.29) is 12.4 Å². The minimum absolute atomic E-state index is 0.0482. The molecule has 29 heavy (non-hydrogen) atoms. The Labute approximate surface area is 165 Å². The summed E-state index contributed by atoms with van der Waals surface area (Å²) >= 11 is 0. The summed E-state index contributed by atoms with van der Waals surface area (Å²) in [5.41, 5.74) is 9.59. The van der Waals surface area contributed by atoms with Crippen LogP contribution in [0.2, 0.25) is 0 Å². The van der Waals surface area contributed by atoms with Crippen LogP contribution in [0.25, 0.3) is 11.3 Å². The minimum Gasteiger partial charge on any atom is -0.398 e. The van der Waals surface area contributed by atoms with E-state index in [1.54, 1.807) is 54.9 Å². The van der Waals surface area contributed by atoms with Crippen LogP contribution in [-0.2, 0) is 6.54 Å². The molecule has 3 aromatic rings. The highest BCUT2D eigenvalue weighted by Crippen LogP contribution is 2.28. The molecule has 1 aromatic carbocycles. The van der Waals surface area contributed by atoms with Crippen molar-refractivity contribution in [3.05, 3.63) is 95.3 Å². The lowest BCUT2D eigenvalue weighted by atomic mass is 9.97. The summed E-state index contributed by atoms with van der Waals surface area (Å²) in [6.07, 6.45) is -1.10. The molecule has 0 fully saturated rings. The van der Waals surface area contributed by atoms with Gasteiger partial charge in [0.05, 0.1) is 17.9 Å². The van der Waals surface area contributed by atoms with E-state index in [1.165, 1.54) is 12.1 Å². The Balaban J connectivity index is 2.00. The molecule has 0 amide bonds. The fraction of sp³-hybridized carbons (Fsp3) is 0.143. The maximum Gasteiger partial charge on any atom is 0.401 e. The van der Waals surface area contributed by atoms with Crippen molar-refractivity contribution < 1.29 is 17.6 Å². The Bertz CT molecular complexity index is 984. The van der Waals surface area contributed by atoms with Gasteiger partial charge in [0.15, 0.2) is 0 Å². The molecule has 150 valence electrons. The van der Waals surface area contributed by atoms with Gasteiger partial charge in [0.1, 0.15) is 5.82 Å². The van der Waals surface area contributed by atoms with E-state index in [9.17, 15) is 17.6 Å². The smallest absolute Gasteiger partial charge is 0.398 e. The fourth-order valence-electron chi connectivity index (χ4n) is 2.78. The lowest BCUT2D eigenvalue weighted by Gasteiger charge is -2.14. The quantitative estimate of drug-likeness (QED) is 0.609. The molecule has 3 rings (SSSR count). The highest BCUT2D eigenvalue weighted by Gasteiger charge is 2.26. The zero-order valence-electron chi connectivity index (χ0n) is 15.2. The van der Waals surface area contributed by atoms with Gasteiger partial charge in [-0.05, 0) is 59.7 Å². The molecule has 2 aromatic heterocycles. The molecular weight excluding hydrogens is 384 g/mol. The third-order valence-corrected chi connectivity index (χ3v) is 4.09. The van der Waals surface area contributed by atoms with Gasteiger partial charge in [-0.2, -0.15) is 13.2 Å². The van der Waals surface area contributed by atoms with Gasteiger partial charge in [-0.1, -0.05) is 6.07 Å². The van der Waals surface area contributed by atoms with E-state index in [0.717, 1.165) is 5.56 Å². The Morgan fingerprint density at radius 1 is 0.931 bits per heavy atom. The fourth-order valence-corrected chi connectivity index (χ4v) is 2.78. The van der Waals surface area contributed by atoms with Crippen molar-refractivity contribution in [3.8, 4) is 0 Å². The lowest BCUT2D eigenvalue weighted by molar-refractivity contribution is -0.125. The van der Waals surface area contributed by atoms with Crippen LogP contribution in [0.3, 0.4) is 0 Å². The van der Waals surface area contributed by atoms with Crippen molar-refractivity contribution in [2.75, 3.05) is 6.54 Å². The number of nitrogens with zero attached hydrogens (tertiary/aromatic N) is 2. The Kier molecular flexibility index (Phi) is 6.23. The molecule has 0 aliphatic heterocycles. The summed E-state index contributed by atoms with van der Waals surface area (Å²) < 4.78 is 50.4. The molecule has 0 aliphatic rings. The first-order chi connectivity index (χ1) is 13.8. The Morgan fingerprint density at radius 3 is 2.28 bits per heavy atom. The van der Waals surface area contributed by atoms with Crippen molar-refractivity contribution in [2.45, 2.75) is 12.7 Å². The number of rotatable bonds is 6. The van der Waals surface area contributed by atoms with Gasteiger partial charge in [-0.15, -0.1) is 0 Å². The number of nitrogens with two attached hydrogens (primary N) is 1. The van der Waals surface area contributed by atoms with Crippen molar-refractivity contribution in [1.82, 2.24) is 15.3 Å². The lowest BCUT2D eigenvalue weighted by Crippen LogP contribution is -2.28. The van der Waals surface area contributed by atoms with E-state index >= 15 is 0 Å². The van der Waals surface area contributed by atoms with Gasteiger partial charge >= 0.3 is 6.18 Å². The second-order valence-corrected chi connectivity index (χ2v) is 6.26. The molecule has 0 bridgehead atoms. The number of aromatic nitrogens is 2. The number of hydrogen-bond acceptors (Lipinski definition) is 4. The van der Waals surface area contributed by atoms with E-state index in [2.05, 4.69) is 15.3 Å². The van der Waals surface area contributed by atoms with Crippen LogP contribution < -0.4 is 11.1 Å². The number of pyridine rings is 2. The van der Waals surface area contributed by atoms with Gasteiger partial charge in [0.2, 0.25) is 0 Å². The zero-order chi connectivity index (χ0) is 20.9. The number of benzene rings is 1. The Hall–Kier alpha value is -3.26. The minimum atomic E-state index is -4.30. The van der Waals surface area contributed by atoms with Crippen LogP contribution in [-0.4, -0.2) is 22.7 Å². The first-order valence-electron chi connectivity index (χ1n) is 8.73. The highest BCUT2D eigenvalue weighted by molar-refractivity contribution is 5.96. The number of alkyl halides is 3. The summed E-state index contributed by atoms with van der Waals surface area (Å²) in [5, 5.41) is 2.33. The van der Waals surface area contributed by atoms with Crippen LogP contribution in [0, 0.1) is 5.82 Å². The molecule has 8 heteroatoms. The number of halogens is 4. The highest BCUT2D eigenvalue weighted by atomic mass is 19.4. The van der Waals surface area contributed by atoms with Gasteiger partial charge in [0, 0.05) is 30.2 Å². The molecule has 0 radical (unpaired) electrons. The molecule has 0 spiro atoms. The van der Waals surface area contributed by atoms with Crippen LogP contribution in [0.4, 0.5) is 17.6 Å². The first-order valence-corrected chi connectivity index (χ1v) is 8.73. The SMILES string of the molecule is NC(=C(c1ccncc1)c1cccc(CNCC(F)(F)F)n1)c1ccc(F)cc1. The molecule has 0 unspecified atom stereocenters. The maximum absolute atomic E-state index is 13.3. The van der Waals surface area contributed by atoms with E-state index < -0.39 is 12.7 Å². The van der Waals surface area contributed by atoms with Gasteiger partial charge in [0.25, 0.3) is 0 Å². The molecule has 4 nitrogen and oxygen atoms in total. The summed E-state index contributed by atoms with van der Waals surface area (Å²) in [4.78, 5) is 8.47. The summed E-state index contributed by atoms with van der Waals surface area (Å²) in [6, 6.07) is 14.3. The maximum atomic E-state index is 13.3. The third kappa shape index (κ3) is 5.61. The topological polar surface area (TPSA) is 63.8 Å². The van der Waals surface area contributed by atoms with Crippen LogP contribution in [0.1, 0.15) is 22.5 Å². The van der Waals surface area contributed by atoms with E-state index in [4.69, 9.17) is 5.73 Å². The molecule has 0 saturated heterocycles. The van der Waals surface area contributed by atoms with Gasteiger partial charge < -0.3 is 11.1 Å². The molecule has 0 aliphatic carbocycles. The summed E-state index contributed by atoms with van der Waals surface area (Å²) in [5.74, 6) is -0.386. The van der Waals surface area contributed by atoms with E-state index in [0.29, 0.717) is 28.2 Å². The van der Waals surface area contributed by atoms with Crippen LogP contribution in [0.5, 0.6) is 0 Å². The molecule has 0 atom stereocenters. The van der Waals surface area contributed by atoms with Crippen molar-refractivity contribution in [2.24, 2.45) is 5.73 Å². The molecule has 2 heterocycles. The predicted molar refractivity (Wildman–Crippen MR) is 103 cm³/mol. The van der Waals surface area contributed by atoms with Crippen molar-refractivity contribution in [1.29, 1.82) is 0 Å². The second-order valence-electron chi connectivity index (χ2n) is 6.26. The number of nitrogens with one attached hydrogen (secondary N) is 1. The second kappa shape index (κ2) is 8.83. The summed E-state index contributed by atoms with van der Waals surface area (Å²) in [6.45, 7) is -1.16. The third-order valence-electron chi connectivity index (χ3n) is 4.09. The molecule has 0 saturated carbocycles. The molecular formula is C21H18F4N4. The standard InChI is InChI=1S/C21H18F4N4/c22-16-6-4-15(5-7-16)20(26)19(14-8-10-27-11-9-14)18-3-1-2-17(29-18)12-28-13-21(23,24)25/h1-11,28H,12-13,26H2. The Morgan fingerprint density at radius 2 is 1.62 bits per heavy atom. The van der Waals surface area contributed by atoms with Crippen molar-refractivity contribution in [3.63, 3.8) is 0 Å². The normalized spacial score (nSPS) is 12.6. The van der Waals surface area contributed by atoms with E-state index in [1.807, 2.05) is 0 Å². The summed E-state index contributed by atoms with van der Waals surface area (Å²) in [7, 11) is 0. The number of hydrogen-bond donors (Lipinski definition) is 2. The van der Waals surface area contributed by atoms with Crippen molar-refractivity contribution >= 4 is 11.3 Å². The van der Waals surface area contributed by atoms with Gasteiger partial charge in [-0.25, -0.2) is 4.39 Å². The van der Waals surface area contributed by atoms with Crippen LogP contribution >= 0.6 is 0 Å². The predicted octanol–water partition coefficient (Wildman–Crippen LogP) is 4.14. The van der Waals surface area contributed by atoms with Gasteiger partial charge in [-0.3, -0.25) is 9.97 Å². The average molecular weight is 402 g/mol. The van der Waals surface area contributed by atoms with Crippen LogP contribution in [0.15, 0.2) is 67.0 Å². The zero-order valence-corrected chi connectivity index (χ0v) is 15.2. The average Bonchev–Trinajstić information content (AvgIpc) is 2.69. The molecule has 3 N–H and O–H groups in total. The first kappa shape index (κ1) is 20.5. The largest absolute Gasteiger partial charge is 0.401 e. The monoisotopic (exact) mass is 402 g/mol.